The summed E-state index contributed by atoms with van der Waals surface area (Å²) < 4.78 is 19.8. The molecule has 17 heavy (non-hydrogen) atoms. The van der Waals surface area contributed by atoms with Crippen LogP contribution < -0.4 is 5.32 Å². The topological polar surface area (TPSA) is 34.1 Å². The number of anilines is 1. The van der Waals surface area contributed by atoms with Crippen molar-refractivity contribution >= 4 is 21.7 Å². The second kappa shape index (κ2) is 5.78. The van der Waals surface area contributed by atoms with E-state index in [0.717, 1.165) is 19.4 Å². The van der Waals surface area contributed by atoms with Gasteiger partial charge in [-0.1, -0.05) is 6.92 Å². The van der Waals surface area contributed by atoms with E-state index in [1.54, 1.807) is 6.20 Å². The molecular weight excluding hydrogens is 287 g/mol. The highest BCUT2D eigenvalue weighted by molar-refractivity contribution is 9.10. The van der Waals surface area contributed by atoms with Gasteiger partial charge in [0.2, 0.25) is 0 Å². The van der Waals surface area contributed by atoms with Crippen LogP contribution in [0.4, 0.5) is 10.2 Å². The molecule has 1 fully saturated rings. The van der Waals surface area contributed by atoms with Gasteiger partial charge in [-0.25, -0.2) is 9.37 Å². The second-order valence-corrected chi connectivity index (χ2v) is 5.15. The van der Waals surface area contributed by atoms with E-state index >= 15 is 0 Å². The number of hydrogen-bond donors (Lipinski definition) is 1. The van der Waals surface area contributed by atoms with Gasteiger partial charge in [0.25, 0.3) is 0 Å². The number of pyridine rings is 1. The fourth-order valence-electron chi connectivity index (χ4n) is 2.15. The summed E-state index contributed by atoms with van der Waals surface area (Å²) in [6, 6.07) is 1.41. The molecule has 0 radical (unpaired) electrons. The fraction of sp³-hybridized carbons (Fsp3) is 0.583. The Bertz CT molecular complexity index is 389. The van der Waals surface area contributed by atoms with E-state index in [0.29, 0.717) is 28.9 Å². The van der Waals surface area contributed by atoms with Crippen LogP contribution in [0.1, 0.15) is 19.8 Å². The van der Waals surface area contributed by atoms with Crippen LogP contribution in [0.3, 0.4) is 0 Å². The average molecular weight is 303 g/mol. The number of ether oxygens (including phenoxy) is 1. The molecule has 0 aromatic carbocycles. The molecule has 94 valence electrons. The molecule has 1 aliphatic rings. The van der Waals surface area contributed by atoms with Crippen molar-refractivity contribution in [2.75, 3.05) is 18.5 Å². The summed E-state index contributed by atoms with van der Waals surface area (Å²) in [7, 11) is 0. The molecule has 5 heteroatoms. The van der Waals surface area contributed by atoms with Crippen LogP contribution in [0, 0.1) is 11.7 Å². The van der Waals surface area contributed by atoms with Crippen molar-refractivity contribution in [2.45, 2.75) is 25.9 Å². The highest BCUT2D eigenvalue weighted by Gasteiger charge is 2.26. The first-order valence-electron chi connectivity index (χ1n) is 5.87. The maximum atomic E-state index is 13.5. The van der Waals surface area contributed by atoms with Crippen LogP contribution in [0.2, 0.25) is 0 Å². The quantitative estimate of drug-likeness (QED) is 0.927. The Labute approximate surface area is 109 Å². The Morgan fingerprint density at radius 2 is 2.47 bits per heavy atom. The third-order valence-corrected chi connectivity index (χ3v) is 3.52. The number of hydrogen-bond acceptors (Lipinski definition) is 3. The van der Waals surface area contributed by atoms with Gasteiger partial charge in [0, 0.05) is 29.7 Å². The zero-order chi connectivity index (χ0) is 12.3. The molecule has 0 amide bonds. The minimum Gasteiger partial charge on any atom is -0.378 e. The Hall–Kier alpha value is -0.680. The monoisotopic (exact) mass is 302 g/mol. The fourth-order valence-corrected chi connectivity index (χ4v) is 2.45. The highest BCUT2D eigenvalue weighted by Crippen LogP contribution is 2.24. The molecule has 0 aliphatic carbocycles. The third kappa shape index (κ3) is 3.16. The Morgan fingerprint density at radius 3 is 3.18 bits per heavy atom. The molecular formula is C12H16BrFN2O. The van der Waals surface area contributed by atoms with Crippen LogP contribution in [0.25, 0.3) is 0 Å². The summed E-state index contributed by atoms with van der Waals surface area (Å²) in [5.41, 5.74) is 0. The van der Waals surface area contributed by atoms with E-state index in [-0.39, 0.29) is 5.82 Å². The maximum absolute atomic E-state index is 13.5. The van der Waals surface area contributed by atoms with Crippen LogP contribution in [-0.4, -0.2) is 24.2 Å². The normalized spacial score (nSPS) is 23.9. The molecule has 2 atom stereocenters. The smallest absolute Gasteiger partial charge is 0.166 e. The number of aromatic nitrogens is 1. The zero-order valence-corrected chi connectivity index (χ0v) is 11.3. The van der Waals surface area contributed by atoms with Crippen molar-refractivity contribution in [1.29, 1.82) is 0 Å². The second-order valence-electron chi connectivity index (χ2n) is 4.23. The number of nitrogens with zero attached hydrogens (tertiary/aromatic N) is 1. The van der Waals surface area contributed by atoms with Gasteiger partial charge in [-0.05, 0) is 34.8 Å². The van der Waals surface area contributed by atoms with Crippen molar-refractivity contribution in [3.8, 4) is 0 Å². The van der Waals surface area contributed by atoms with Crippen molar-refractivity contribution in [3.63, 3.8) is 0 Å². The van der Waals surface area contributed by atoms with Gasteiger partial charge >= 0.3 is 0 Å². The van der Waals surface area contributed by atoms with Crippen molar-refractivity contribution < 1.29 is 9.13 Å². The maximum Gasteiger partial charge on any atom is 0.166 e. The Morgan fingerprint density at radius 1 is 1.65 bits per heavy atom. The van der Waals surface area contributed by atoms with Gasteiger partial charge in [-0.15, -0.1) is 0 Å². The molecule has 2 heterocycles. The first-order chi connectivity index (χ1) is 8.20. The van der Waals surface area contributed by atoms with Gasteiger partial charge < -0.3 is 10.1 Å². The third-order valence-electron chi connectivity index (χ3n) is 3.09. The minimum absolute atomic E-state index is 0.293. The largest absolute Gasteiger partial charge is 0.378 e. The first kappa shape index (κ1) is 12.8. The van der Waals surface area contributed by atoms with Crippen LogP contribution in [0.5, 0.6) is 0 Å². The van der Waals surface area contributed by atoms with Gasteiger partial charge in [0.05, 0.1) is 6.10 Å². The molecule has 1 aliphatic heterocycles. The predicted molar refractivity (Wildman–Crippen MR) is 68.5 cm³/mol. The lowest BCUT2D eigenvalue weighted by Gasteiger charge is -2.17. The molecule has 3 nitrogen and oxygen atoms in total. The van der Waals surface area contributed by atoms with Gasteiger partial charge in [-0.2, -0.15) is 0 Å². The van der Waals surface area contributed by atoms with E-state index < -0.39 is 0 Å². The summed E-state index contributed by atoms with van der Waals surface area (Å²) in [6.45, 7) is 3.63. The molecule has 1 saturated heterocycles. The van der Waals surface area contributed by atoms with Crippen LogP contribution >= 0.6 is 15.9 Å². The lowest BCUT2D eigenvalue weighted by Crippen LogP contribution is -2.23. The Balaban J connectivity index is 1.93. The summed E-state index contributed by atoms with van der Waals surface area (Å²) in [5.74, 6) is 0.436. The molecule has 2 rings (SSSR count). The van der Waals surface area contributed by atoms with Crippen molar-refractivity contribution in [1.82, 2.24) is 4.98 Å². The number of nitrogens with one attached hydrogen (secondary N) is 1. The average Bonchev–Trinajstić information content (AvgIpc) is 2.75. The number of halogens is 2. The van der Waals surface area contributed by atoms with Crippen molar-refractivity contribution in [3.05, 3.63) is 22.6 Å². The summed E-state index contributed by atoms with van der Waals surface area (Å²) in [6.07, 6.45) is 3.92. The lowest BCUT2D eigenvalue weighted by molar-refractivity contribution is 0.0900. The molecule has 1 N–H and O–H groups in total. The summed E-state index contributed by atoms with van der Waals surface area (Å²) in [4.78, 5) is 4.02. The molecule has 0 bridgehead atoms. The number of rotatable bonds is 4. The van der Waals surface area contributed by atoms with Gasteiger partial charge in [0.1, 0.15) is 0 Å². The molecule has 1 aromatic rings. The predicted octanol–water partition coefficient (Wildman–Crippen LogP) is 3.21. The molecule has 2 unspecified atom stereocenters. The van der Waals surface area contributed by atoms with E-state index in [9.17, 15) is 4.39 Å². The van der Waals surface area contributed by atoms with Gasteiger partial charge in [0.15, 0.2) is 11.6 Å². The zero-order valence-electron chi connectivity index (χ0n) is 9.75. The van der Waals surface area contributed by atoms with E-state index in [1.165, 1.54) is 6.07 Å². The van der Waals surface area contributed by atoms with Crippen molar-refractivity contribution in [2.24, 2.45) is 5.92 Å². The first-order valence-corrected chi connectivity index (χ1v) is 6.66. The molecule has 0 spiro atoms. The van der Waals surface area contributed by atoms with E-state index in [2.05, 4.69) is 33.2 Å². The van der Waals surface area contributed by atoms with Crippen LogP contribution in [-0.2, 0) is 4.74 Å². The van der Waals surface area contributed by atoms with Gasteiger partial charge in [-0.3, -0.25) is 0 Å². The van der Waals surface area contributed by atoms with Crippen LogP contribution in [0.15, 0.2) is 16.7 Å². The van der Waals surface area contributed by atoms with E-state index in [4.69, 9.17) is 4.74 Å². The summed E-state index contributed by atoms with van der Waals surface area (Å²) in [5, 5.41) is 3.06. The van der Waals surface area contributed by atoms with E-state index in [1.807, 2.05) is 0 Å². The highest BCUT2D eigenvalue weighted by atomic mass is 79.9. The Kier molecular flexibility index (Phi) is 4.34. The molecule has 0 saturated carbocycles. The minimum atomic E-state index is -0.327. The lowest BCUT2D eigenvalue weighted by atomic mass is 10.00. The SMILES string of the molecule is CCC1OCCC1CNc1ncc(Br)cc1F. The summed E-state index contributed by atoms with van der Waals surface area (Å²) >= 11 is 3.18. The molecule has 1 aromatic heterocycles. The standard InChI is InChI=1S/C12H16BrFN2O/c1-2-11-8(3-4-17-11)6-15-12-10(14)5-9(13)7-16-12/h5,7-8,11H,2-4,6H2,1H3,(H,15,16).